The molecule has 2 aromatic rings. The first-order valence-electron chi connectivity index (χ1n) is 9.63. The summed E-state index contributed by atoms with van der Waals surface area (Å²) in [6.07, 6.45) is 4.32. The molecule has 9 heteroatoms. The number of aromatic nitrogens is 3. The molecule has 0 atom stereocenters. The van der Waals surface area contributed by atoms with Crippen LogP contribution in [0.2, 0.25) is 0 Å². The number of ether oxygens (including phenoxy) is 1. The number of nitrogens with zero attached hydrogens (tertiary/aromatic N) is 4. The SMILES string of the molecule is CC(C)(C)OC(=O)N1CCC(NC(=O)Cc2ccc(-n3ccc(F)n3)nc2)CC1. The number of amides is 2. The Bertz CT molecular complexity index is 852. The van der Waals surface area contributed by atoms with E-state index in [4.69, 9.17) is 4.74 Å². The molecule has 156 valence electrons. The predicted molar refractivity (Wildman–Crippen MR) is 104 cm³/mol. The van der Waals surface area contributed by atoms with Crippen LogP contribution in [0.25, 0.3) is 5.82 Å². The molecule has 0 aliphatic carbocycles. The van der Waals surface area contributed by atoms with Gasteiger partial charge in [0.25, 0.3) is 0 Å². The Morgan fingerprint density at radius 3 is 2.52 bits per heavy atom. The largest absolute Gasteiger partial charge is 0.444 e. The average molecular weight is 403 g/mol. The maximum absolute atomic E-state index is 13.0. The summed E-state index contributed by atoms with van der Waals surface area (Å²) in [5.74, 6) is -0.194. The van der Waals surface area contributed by atoms with Crippen LogP contribution in [0.15, 0.2) is 30.6 Å². The summed E-state index contributed by atoms with van der Waals surface area (Å²) < 4.78 is 19.7. The molecule has 29 heavy (non-hydrogen) atoms. The molecular weight excluding hydrogens is 377 g/mol. The van der Waals surface area contributed by atoms with Gasteiger partial charge in [-0.1, -0.05) is 6.07 Å². The van der Waals surface area contributed by atoms with E-state index in [1.165, 1.54) is 16.9 Å². The van der Waals surface area contributed by atoms with Gasteiger partial charge in [0.1, 0.15) is 5.60 Å². The standard InChI is InChI=1S/C20H26FN5O3/c1-20(2,3)29-19(28)25-9-6-15(7-10-25)23-18(27)12-14-4-5-17(22-13-14)26-11-8-16(21)24-26/h4-5,8,11,13,15H,6-7,9-10,12H2,1-3H3,(H,23,27). The van der Waals surface area contributed by atoms with Gasteiger partial charge in [-0.2, -0.15) is 4.39 Å². The third kappa shape index (κ3) is 6.00. The third-order valence-electron chi connectivity index (χ3n) is 4.48. The zero-order valence-electron chi connectivity index (χ0n) is 16.9. The summed E-state index contributed by atoms with van der Waals surface area (Å²) in [7, 11) is 0. The number of hydrogen-bond donors (Lipinski definition) is 1. The maximum atomic E-state index is 13.0. The van der Waals surface area contributed by atoms with E-state index < -0.39 is 11.5 Å². The van der Waals surface area contributed by atoms with E-state index in [9.17, 15) is 14.0 Å². The van der Waals surface area contributed by atoms with Crippen molar-refractivity contribution < 1.29 is 18.7 Å². The fraction of sp³-hybridized carbons (Fsp3) is 0.500. The summed E-state index contributed by atoms with van der Waals surface area (Å²) >= 11 is 0. The number of carbonyl (C=O) groups is 2. The lowest BCUT2D eigenvalue weighted by molar-refractivity contribution is -0.121. The lowest BCUT2D eigenvalue weighted by Gasteiger charge is -2.33. The van der Waals surface area contributed by atoms with Crippen LogP contribution in [0.1, 0.15) is 39.2 Å². The number of hydrogen-bond acceptors (Lipinski definition) is 5. The minimum atomic E-state index is -0.576. The van der Waals surface area contributed by atoms with Crippen molar-refractivity contribution in [3.05, 3.63) is 42.1 Å². The molecule has 1 fully saturated rings. The van der Waals surface area contributed by atoms with Crippen LogP contribution in [0.4, 0.5) is 9.18 Å². The third-order valence-corrected chi connectivity index (χ3v) is 4.48. The Labute approximate surface area is 169 Å². The van der Waals surface area contributed by atoms with E-state index in [1.54, 1.807) is 23.2 Å². The summed E-state index contributed by atoms with van der Waals surface area (Å²) in [6.45, 7) is 6.62. The molecule has 1 aliphatic heterocycles. The van der Waals surface area contributed by atoms with E-state index in [0.717, 1.165) is 5.56 Å². The van der Waals surface area contributed by atoms with Gasteiger partial charge in [-0.25, -0.2) is 14.5 Å². The number of rotatable bonds is 4. The van der Waals surface area contributed by atoms with Crippen molar-refractivity contribution in [2.24, 2.45) is 0 Å². The van der Waals surface area contributed by atoms with Crippen LogP contribution >= 0.6 is 0 Å². The number of pyridine rings is 1. The highest BCUT2D eigenvalue weighted by molar-refractivity contribution is 5.78. The number of nitrogens with one attached hydrogen (secondary N) is 1. The monoisotopic (exact) mass is 403 g/mol. The summed E-state index contributed by atoms with van der Waals surface area (Å²) in [6, 6.07) is 4.73. The Balaban J connectivity index is 1.45. The number of carbonyl (C=O) groups excluding carboxylic acids is 2. The van der Waals surface area contributed by atoms with Crippen LogP contribution in [0.3, 0.4) is 0 Å². The fourth-order valence-electron chi connectivity index (χ4n) is 3.08. The van der Waals surface area contributed by atoms with E-state index in [2.05, 4.69) is 15.4 Å². The van der Waals surface area contributed by atoms with Crippen molar-refractivity contribution >= 4 is 12.0 Å². The molecule has 3 rings (SSSR count). The maximum Gasteiger partial charge on any atom is 0.410 e. The van der Waals surface area contributed by atoms with E-state index in [-0.39, 0.29) is 24.5 Å². The van der Waals surface area contributed by atoms with Crippen molar-refractivity contribution in [3.8, 4) is 5.82 Å². The minimum absolute atomic E-state index is 0.0282. The van der Waals surface area contributed by atoms with Gasteiger partial charge >= 0.3 is 6.09 Å². The van der Waals surface area contributed by atoms with Gasteiger partial charge in [-0.3, -0.25) is 4.79 Å². The highest BCUT2D eigenvalue weighted by Gasteiger charge is 2.27. The van der Waals surface area contributed by atoms with Gasteiger partial charge < -0.3 is 15.0 Å². The predicted octanol–water partition coefficient (Wildman–Crippen LogP) is 2.46. The van der Waals surface area contributed by atoms with Gasteiger partial charge in [0, 0.05) is 37.6 Å². The second-order valence-corrected chi connectivity index (χ2v) is 8.09. The fourth-order valence-corrected chi connectivity index (χ4v) is 3.08. The van der Waals surface area contributed by atoms with Gasteiger partial charge in [0.2, 0.25) is 11.9 Å². The molecule has 0 unspecified atom stereocenters. The lowest BCUT2D eigenvalue weighted by atomic mass is 10.0. The zero-order chi connectivity index (χ0) is 21.0. The normalized spacial score (nSPS) is 15.2. The summed E-state index contributed by atoms with van der Waals surface area (Å²) in [5, 5.41) is 6.67. The molecule has 8 nitrogen and oxygen atoms in total. The van der Waals surface area contributed by atoms with Crippen molar-refractivity contribution in [2.45, 2.75) is 51.7 Å². The first-order valence-corrected chi connectivity index (χ1v) is 9.63. The molecule has 1 saturated heterocycles. The van der Waals surface area contributed by atoms with Gasteiger partial charge in [-0.15, -0.1) is 5.10 Å². The minimum Gasteiger partial charge on any atom is -0.444 e. The summed E-state index contributed by atoms with van der Waals surface area (Å²) in [5.41, 5.74) is 0.238. The molecule has 2 amide bonds. The number of piperidine rings is 1. The topological polar surface area (TPSA) is 89.4 Å². The van der Waals surface area contributed by atoms with E-state index >= 15 is 0 Å². The summed E-state index contributed by atoms with van der Waals surface area (Å²) in [4.78, 5) is 30.3. The molecule has 3 heterocycles. The molecule has 0 aromatic carbocycles. The van der Waals surface area contributed by atoms with Crippen molar-refractivity contribution in [1.82, 2.24) is 25.0 Å². The Morgan fingerprint density at radius 2 is 1.97 bits per heavy atom. The molecule has 0 spiro atoms. The quantitative estimate of drug-likeness (QED) is 0.847. The zero-order valence-corrected chi connectivity index (χ0v) is 16.9. The van der Waals surface area contributed by atoms with Crippen LogP contribution in [0.5, 0.6) is 0 Å². The molecule has 1 N–H and O–H groups in total. The van der Waals surface area contributed by atoms with Gasteiger partial charge in [-0.05, 0) is 45.2 Å². The second-order valence-electron chi connectivity index (χ2n) is 8.09. The molecule has 0 bridgehead atoms. The second kappa shape index (κ2) is 8.59. The molecule has 1 aliphatic rings. The first kappa shape index (κ1) is 20.8. The molecule has 0 saturated carbocycles. The molecule has 2 aromatic heterocycles. The molecular formula is C20H26FN5O3. The van der Waals surface area contributed by atoms with Gasteiger partial charge in [0.05, 0.1) is 6.42 Å². The van der Waals surface area contributed by atoms with E-state index in [1.807, 2.05) is 20.8 Å². The average Bonchev–Trinajstić information content (AvgIpc) is 3.08. The number of halogens is 1. The highest BCUT2D eigenvalue weighted by Crippen LogP contribution is 2.16. The first-order chi connectivity index (χ1) is 13.7. The van der Waals surface area contributed by atoms with Crippen LogP contribution in [0, 0.1) is 5.95 Å². The lowest BCUT2D eigenvalue weighted by Crippen LogP contribution is -2.48. The van der Waals surface area contributed by atoms with E-state index in [0.29, 0.717) is 31.7 Å². The smallest absolute Gasteiger partial charge is 0.410 e. The Hall–Kier alpha value is -2.97. The van der Waals surface area contributed by atoms with Crippen LogP contribution < -0.4 is 5.32 Å². The van der Waals surface area contributed by atoms with Crippen LogP contribution in [-0.2, 0) is 16.0 Å². The van der Waals surface area contributed by atoms with Crippen LogP contribution in [-0.4, -0.2) is 56.4 Å². The van der Waals surface area contributed by atoms with Gasteiger partial charge in [0.15, 0.2) is 5.82 Å². The Kier molecular flexibility index (Phi) is 6.14. The Morgan fingerprint density at radius 1 is 1.24 bits per heavy atom. The number of likely N-dealkylation sites (tertiary alicyclic amines) is 1. The molecule has 0 radical (unpaired) electrons. The highest BCUT2D eigenvalue weighted by atomic mass is 19.1. The van der Waals surface area contributed by atoms with Crippen molar-refractivity contribution in [1.29, 1.82) is 0 Å². The van der Waals surface area contributed by atoms with Crippen molar-refractivity contribution in [3.63, 3.8) is 0 Å². The van der Waals surface area contributed by atoms with Crippen molar-refractivity contribution in [2.75, 3.05) is 13.1 Å².